The van der Waals surface area contributed by atoms with Crippen molar-refractivity contribution in [2.75, 3.05) is 33.2 Å². The first-order valence-electron chi connectivity index (χ1n) is 8.79. The molecule has 1 saturated heterocycles. The number of carbonyl (C=O) groups excluding carboxylic acids is 1. The van der Waals surface area contributed by atoms with Crippen LogP contribution in [0.5, 0.6) is 0 Å². The van der Waals surface area contributed by atoms with Gasteiger partial charge in [-0.3, -0.25) is 0 Å². The average molecular weight is 295 g/mol. The van der Waals surface area contributed by atoms with Crippen LogP contribution in [0.2, 0.25) is 0 Å². The van der Waals surface area contributed by atoms with Gasteiger partial charge in [-0.2, -0.15) is 0 Å². The minimum absolute atomic E-state index is 0.111. The maximum absolute atomic E-state index is 12.2. The lowest BCUT2D eigenvalue weighted by atomic mass is 9.86. The molecule has 2 atom stereocenters. The quantitative estimate of drug-likeness (QED) is 0.865. The molecule has 4 nitrogen and oxygen atoms in total. The van der Waals surface area contributed by atoms with E-state index < -0.39 is 0 Å². The van der Waals surface area contributed by atoms with E-state index in [9.17, 15) is 4.79 Å². The van der Waals surface area contributed by atoms with Crippen molar-refractivity contribution in [3.05, 3.63) is 0 Å². The van der Waals surface area contributed by atoms with Crippen molar-refractivity contribution in [3.63, 3.8) is 0 Å². The molecule has 0 aromatic carbocycles. The molecule has 21 heavy (non-hydrogen) atoms. The van der Waals surface area contributed by atoms with Crippen LogP contribution < -0.4 is 5.32 Å². The van der Waals surface area contributed by atoms with Gasteiger partial charge in [-0.25, -0.2) is 4.79 Å². The van der Waals surface area contributed by atoms with Crippen LogP contribution in [0, 0.1) is 11.8 Å². The Bertz CT molecular complexity index is 326. The van der Waals surface area contributed by atoms with Crippen LogP contribution in [0.25, 0.3) is 0 Å². The number of carbonyl (C=O) groups is 1. The number of nitrogens with one attached hydrogen (secondary N) is 1. The van der Waals surface area contributed by atoms with E-state index in [1.54, 1.807) is 0 Å². The van der Waals surface area contributed by atoms with E-state index in [0.29, 0.717) is 6.04 Å². The third kappa shape index (κ3) is 5.17. The Labute approximate surface area is 130 Å². The second kappa shape index (κ2) is 8.02. The van der Waals surface area contributed by atoms with Crippen molar-refractivity contribution in [2.45, 2.75) is 58.4 Å². The Morgan fingerprint density at radius 2 is 1.86 bits per heavy atom. The average Bonchev–Trinajstić information content (AvgIpc) is 2.48. The second-order valence-electron chi connectivity index (χ2n) is 7.29. The van der Waals surface area contributed by atoms with E-state index in [4.69, 9.17) is 0 Å². The highest BCUT2D eigenvalue weighted by Crippen LogP contribution is 2.26. The topological polar surface area (TPSA) is 35.6 Å². The number of piperidine rings is 1. The van der Waals surface area contributed by atoms with Crippen LogP contribution in [0.3, 0.4) is 0 Å². The summed E-state index contributed by atoms with van der Waals surface area (Å²) in [5.74, 6) is 1.63. The molecule has 0 aromatic heterocycles. The molecule has 0 bridgehead atoms. The molecule has 0 aromatic rings. The summed E-state index contributed by atoms with van der Waals surface area (Å²) >= 11 is 0. The Hall–Kier alpha value is -0.770. The van der Waals surface area contributed by atoms with Crippen molar-refractivity contribution in [1.82, 2.24) is 15.1 Å². The first kappa shape index (κ1) is 16.6. The van der Waals surface area contributed by atoms with Crippen LogP contribution in [-0.2, 0) is 0 Å². The molecule has 2 unspecified atom stereocenters. The van der Waals surface area contributed by atoms with Crippen LogP contribution in [0.4, 0.5) is 4.79 Å². The van der Waals surface area contributed by atoms with E-state index in [1.807, 2.05) is 11.9 Å². The summed E-state index contributed by atoms with van der Waals surface area (Å²) in [4.78, 5) is 16.7. The molecule has 2 fully saturated rings. The second-order valence-corrected chi connectivity index (χ2v) is 7.29. The molecule has 122 valence electrons. The van der Waals surface area contributed by atoms with Gasteiger partial charge in [-0.1, -0.05) is 26.7 Å². The number of urea groups is 1. The number of likely N-dealkylation sites (tertiary alicyclic amines) is 1. The molecule has 1 aliphatic heterocycles. The first-order valence-corrected chi connectivity index (χ1v) is 8.79. The summed E-state index contributed by atoms with van der Waals surface area (Å²) in [6, 6.07) is 0.545. The maximum Gasteiger partial charge on any atom is 0.317 e. The number of hydrogen-bond donors (Lipinski definition) is 1. The summed E-state index contributed by atoms with van der Waals surface area (Å²) < 4.78 is 0. The van der Waals surface area contributed by atoms with Gasteiger partial charge in [0.05, 0.1) is 0 Å². The third-order valence-electron chi connectivity index (χ3n) is 5.36. The van der Waals surface area contributed by atoms with Gasteiger partial charge in [0.1, 0.15) is 0 Å². The fraction of sp³-hybridized carbons (Fsp3) is 0.941. The van der Waals surface area contributed by atoms with Gasteiger partial charge in [0.2, 0.25) is 0 Å². The Morgan fingerprint density at radius 1 is 1.14 bits per heavy atom. The normalized spacial score (nSPS) is 28.3. The van der Waals surface area contributed by atoms with E-state index in [-0.39, 0.29) is 6.03 Å². The smallest absolute Gasteiger partial charge is 0.317 e. The van der Waals surface area contributed by atoms with Gasteiger partial charge >= 0.3 is 6.03 Å². The number of nitrogens with zero attached hydrogens (tertiary/aromatic N) is 2. The molecule has 0 radical (unpaired) electrons. The lowest BCUT2D eigenvalue weighted by Gasteiger charge is -2.34. The van der Waals surface area contributed by atoms with Crippen molar-refractivity contribution in [1.29, 1.82) is 0 Å². The summed E-state index contributed by atoms with van der Waals surface area (Å²) in [6.07, 6.45) is 7.50. The monoisotopic (exact) mass is 295 g/mol. The third-order valence-corrected chi connectivity index (χ3v) is 5.36. The Balaban J connectivity index is 1.64. The minimum atomic E-state index is 0.111. The number of hydrogen-bond acceptors (Lipinski definition) is 2. The zero-order valence-corrected chi connectivity index (χ0v) is 14.1. The molecule has 0 spiro atoms. The fourth-order valence-corrected chi connectivity index (χ4v) is 3.65. The zero-order chi connectivity index (χ0) is 15.2. The van der Waals surface area contributed by atoms with Gasteiger partial charge in [0, 0.05) is 26.2 Å². The van der Waals surface area contributed by atoms with Gasteiger partial charge < -0.3 is 15.1 Å². The zero-order valence-electron chi connectivity index (χ0n) is 14.1. The predicted molar refractivity (Wildman–Crippen MR) is 87.4 cm³/mol. The minimum Gasteiger partial charge on any atom is -0.337 e. The number of amides is 2. The Kier molecular flexibility index (Phi) is 6.34. The molecule has 2 amide bonds. The summed E-state index contributed by atoms with van der Waals surface area (Å²) in [5.41, 5.74) is 0. The fourth-order valence-electron chi connectivity index (χ4n) is 3.65. The SMILES string of the molecule is CC1CCN(CCNC(=O)N(C)C2CCCC(C)C2)CC1. The molecule has 4 heteroatoms. The van der Waals surface area contributed by atoms with Crippen molar-refractivity contribution in [2.24, 2.45) is 11.8 Å². The molecule has 1 saturated carbocycles. The highest BCUT2D eigenvalue weighted by Gasteiger charge is 2.25. The standard InChI is InChI=1S/C17H33N3O/c1-14-7-10-20(11-8-14)12-9-18-17(21)19(3)16-6-4-5-15(2)13-16/h14-16H,4-13H2,1-3H3,(H,18,21). The molecule has 1 heterocycles. The van der Waals surface area contributed by atoms with Gasteiger partial charge in [-0.05, 0) is 50.6 Å². The molecule has 2 rings (SSSR count). The van der Waals surface area contributed by atoms with Crippen LogP contribution >= 0.6 is 0 Å². The molecular weight excluding hydrogens is 262 g/mol. The highest BCUT2D eigenvalue weighted by atomic mass is 16.2. The van der Waals surface area contributed by atoms with Crippen LogP contribution in [0.1, 0.15) is 52.4 Å². The largest absolute Gasteiger partial charge is 0.337 e. The number of rotatable bonds is 4. The van der Waals surface area contributed by atoms with Crippen LogP contribution in [-0.4, -0.2) is 55.1 Å². The van der Waals surface area contributed by atoms with Crippen molar-refractivity contribution in [3.8, 4) is 0 Å². The van der Waals surface area contributed by atoms with E-state index in [0.717, 1.165) is 37.8 Å². The van der Waals surface area contributed by atoms with E-state index in [2.05, 4.69) is 24.1 Å². The first-order chi connectivity index (χ1) is 10.1. The van der Waals surface area contributed by atoms with Gasteiger partial charge in [0.15, 0.2) is 0 Å². The molecule has 1 aliphatic carbocycles. The maximum atomic E-state index is 12.2. The molecule has 2 aliphatic rings. The summed E-state index contributed by atoms with van der Waals surface area (Å²) in [7, 11) is 1.96. The van der Waals surface area contributed by atoms with E-state index >= 15 is 0 Å². The highest BCUT2D eigenvalue weighted by molar-refractivity contribution is 5.74. The van der Waals surface area contributed by atoms with Crippen molar-refractivity contribution >= 4 is 6.03 Å². The van der Waals surface area contributed by atoms with E-state index in [1.165, 1.54) is 38.8 Å². The summed E-state index contributed by atoms with van der Waals surface area (Å²) in [5, 5.41) is 3.10. The predicted octanol–water partition coefficient (Wildman–Crippen LogP) is 2.94. The lowest BCUT2D eigenvalue weighted by molar-refractivity contribution is 0.156. The van der Waals surface area contributed by atoms with Gasteiger partial charge in [-0.15, -0.1) is 0 Å². The van der Waals surface area contributed by atoms with Crippen LogP contribution in [0.15, 0.2) is 0 Å². The Morgan fingerprint density at radius 3 is 2.52 bits per heavy atom. The lowest BCUT2D eigenvalue weighted by Crippen LogP contribution is -2.47. The van der Waals surface area contributed by atoms with Gasteiger partial charge in [0.25, 0.3) is 0 Å². The van der Waals surface area contributed by atoms with Crippen molar-refractivity contribution < 1.29 is 4.79 Å². The molecule has 1 N–H and O–H groups in total. The summed E-state index contributed by atoms with van der Waals surface area (Å²) in [6.45, 7) is 8.78. The molecular formula is C17H33N3O.